The highest BCUT2D eigenvalue weighted by Gasteiger charge is 2.37. The first-order valence-corrected chi connectivity index (χ1v) is 12.5. The molecule has 0 bridgehead atoms. The summed E-state index contributed by atoms with van der Waals surface area (Å²) in [5.41, 5.74) is 1.91. The smallest absolute Gasteiger partial charge is 0.253 e. The molecule has 9 heteroatoms. The van der Waals surface area contributed by atoms with Gasteiger partial charge in [-0.2, -0.15) is 4.31 Å². The van der Waals surface area contributed by atoms with Crippen LogP contribution in [0, 0.1) is 0 Å². The van der Waals surface area contributed by atoms with E-state index in [2.05, 4.69) is 5.32 Å². The van der Waals surface area contributed by atoms with Crippen molar-refractivity contribution >= 4 is 38.9 Å². The van der Waals surface area contributed by atoms with Crippen molar-refractivity contribution in [3.05, 3.63) is 94.3 Å². The summed E-state index contributed by atoms with van der Waals surface area (Å²) in [6.07, 6.45) is 3.27. The minimum Gasteiger partial charge on any atom is -0.489 e. The molecule has 3 aromatic rings. The zero-order chi connectivity index (χ0) is 22.6. The van der Waals surface area contributed by atoms with E-state index in [4.69, 9.17) is 16.3 Å². The normalized spacial score (nSPS) is 16.2. The Balaban J connectivity index is 1.37. The van der Waals surface area contributed by atoms with Crippen LogP contribution in [0.25, 0.3) is 0 Å². The third kappa shape index (κ3) is 5.21. The molecule has 1 aliphatic rings. The Kier molecular flexibility index (Phi) is 6.95. The molecule has 1 amide bonds. The number of sulfonamides is 1. The molecule has 0 unspecified atom stereocenters. The molecule has 2 aromatic carbocycles. The van der Waals surface area contributed by atoms with Crippen molar-refractivity contribution in [3.8, 4) is 5.75 Å². The fraction of sp³-hybridized carbons (Fsp3) is 0.174. The molecule has 1 N–H and O–H groups in total. The van der Waals surface area contributed by atoms with Crippen molar-refractivity contribution in [3.63, 3.8) is 0 Å². The molecule has 1 aliphatic heterocycles. The van der Waals surface area contributed by atoms with E-state index in [1.165, 1.54) is 16.4 Å². The van der Waals surface area contributed by atoms with Crippen LogP contribution in [0.3, 0.4) is 0 Å². The number of halogens is 1. The minimum atomic E-state index is -3.81. The van der Waals surface area contributed by atoms with Crippen LogP contribution >= 0.6 is 22.9 Å². The maximum Gasteiger partial charge on any atom is 0.253 e. The predicted molar refractivity (Wildman–Crippen MR) is 125 cm³/mol. The van der Waals surface area contributed by atoms with Crippen LogP contribution in [-0.2, 0) is 28.0 Å². The highest BCUT2D eigenvalue weighted by Crippen LogP contribution is 2.30. The summed E-state index contributed by atoms with van der Waals surface area (Å²) in [4.78, 5) is 12.8. The van der Waals surface area contributed by atoms with Crippen molar-refractivity contribution in [2.75, 3.05) is 6.54 Å². The zero-order valence-corrected chi connectivity index (χ0v) is 19.4. The molecule has 32 heavy (non-hydrogen) atoms. The fourth-order valence-electron chi connectivity index (χ4n) is 3.30. The molecule has 166 valence electrons. The van der Waals surface area contributed by atoms with E-state index in [0.29, 0.717) is 16.7 Å². The van der Waals surface area contributed by atoms with Gasteiger partial charge in [-0.3, -0.25) is 4.79 Å². The van der Waals surface area contributed by atoms with Crippen LogP contribution in [-0.4, -0.2) is 31.2 Å². The van der Waals surface area contributed by atoms with Gasteiger partial charge >= 0.3 is 0 Å². The van der Waals surface area contributed by atoms with Crippen molar-refractivity contribution in [1.82, 2.24) is 9.62 Å². The van der Waals surface area contributed by atoms with Gasteiger partial charge in [0.1, 0.15) is 22.6 Å². The van der Waals surface area contributed by atoms with E-state index >= 15 is 0 Å². The van der Waals surface area contributed by atoms with Gasteiger partial charge in [-0.1, -0.05) is 66.2 Å². The average molecular weight is 489 g/mol. The van der Waals surface area contributed by atoms with E-state index in [-0.39, 0.29) is 23.2 Å². The van der Waals surface area contributed by atoms with Gasteiger partial charge in [-0.15, -0.1) is 11.3 Å². The summed E-state index contributed by atoms with van der Waals surface area (Å²) in [6.45, 7) is 0.840. The molecule has 2 heterocycles. The standard InChI is InChI=1S/C23H21ClN2O4S2/c24-21-11-12-22(31-21)32(28,29)26-13-5-10-20(26)23(27)25-15-18-8-4-9-19(14-18)30-16-17-6-2-1-3-7-17/h1-12,14,20H,13,15-16H2,(H,25,27)/t20-/m0/s1. The summed E-state index contributed by atoms with van der Waals surface area (Å²) in [7, 11) is -3.81. The molecular formula is C23H21ClN2O4S2. The Morgan fingerprint density at radius 1 is 1.09 bits per heavy atom. The van der Waals surface area contributed by atoms with Crippen LogP contribution in [0.1, 0.15) is 11.1 Å². The Labute approximate surface area is 196 Å². The van der Waals surface area contributed by atoms with Crippen LogP contribution in [0.5, 0.6) is 5.75 Å². The minimum absolute atomic E-state index is 0.118. The number of hydrogen-bond donors (Lipinski definition) is 1. The lowest BCUT2D eigenvalue weighted by molar-refractivity contribution is -0.123. The molecule has 6 nitrogen and oxygen atoms in total. The number of carbonyl (C=O) groups is 1. The molecule has 0 aliphatic carbocycles. The fourth-order valence-corrected chi connectivity index (χ4v) is 6.41. The molecule has 0 saturated heterocycles. The number of benzene rings is 2. The van der Waals surface area contributed by atoms with E-state index in [1.54, 1.807) is 12.2 Å². The second-order valence-electron chi connectivity index (χ2n) is 7.15. The predicted octanol–water partition coefficient (Wildman–Crippen LogP) is 4.23. The van der Waals surface area contributed by atoms with Crippen LogP contribution in [0.2, 0.25) is 4.34 Å². The van der Waals surface area contributed by atoms with Crippen molar-refractivity contribution in [2.24, 2.45) is 0 Å². The van der Waals surface area contributed by atoms with Crippen LogP contribution in [0.15, 0.2) is 83.1 Å². The lowest BCUT2D eigenvalue weighted by Gasteiger charge is -2.22. The van der Waals surface area contributed by atoms with Crippen LogP contribution in [0.4, 0.5) is 0 Å². The first-order chi connectivity index (χ1) is 15.4. The van der Waals surface area contributed by atoms with Gasteiger partial charge in [0, 0.05) is 13.1 Å². The Bertz CT molecular complexity index is 1230. The second-order valence-corrected chi connectivity index (χ2v) is 11.0. The third-order valence-corrected chi connectivity index (χ3v) is 8.45. The Morgan fingerprint density at radius 3 is 2.62 bits per heavy atom. The van der Waals surface area contributed by atoms with E-state index in [9.17, 15) is 13.2 Å². The topological polar surface area (TPSA) is 75.7 Å². The summed E-state index contributed by atoms with van der Waals surface area (Å²) < 4.78 is 33.3. The first-order valence-electron chi connectivity index (χ1n) is 9.91. The molecule has 4 rings (SSSR count). The molecular weight excluding hydrogens is 468 g/mol. The summed E-state index contributed by atoms with van der Waals surface area (Å²) in [5.74, 6) is 0.306. The number of amides is 1. The van der Waals surface area contributed by atoms with Gasteiger partial charge in [0.05, 0.1) is 4.34 Å². The average Bonchev–Trinajstić information content (AvgIpc) is 3.47. The van der Waals surface area contributed by atoms with Gasteiger partial charge in [0.25, 0.3) is 10.0 Å². The highest BCUT2D eigenvalue weighted by atomic mass is 35.5. The largest absolute Gasteiger partial charge is 0.489 e. The first kappa shape index (κ1) is 22.5. The van der Waals surface area contributed by atoms with E-state index < -0.39 is 16.1 Å². The van der Waals surface area contributed by atoms with Gasteiger partial charge < -0.3 is 10.1 Å². The summed E-state index contributed by atoms with van der Waals surface area (Å²) in [6, 6.07) is 19.4. The maximum absolute atomic E-state index is 12.9. The van der Waals surface area contributed by atoms with Crippen molar-refractivity contribution < 1.29 is 17.9 Å². The molecule has 1 atom stereocenters. The molecule has 0 radical (unpaired) electrons. The maximum atomic E-state index is 12.9. The number of rotatable bonds is 8. The Morgan fingerprint density at radius 2 is 1.88 bits per heavy atom. The molecule has 1 aromatic heterocycles. The number of carbonyl (C=O) groups excluding carboxylic acids is 1. The van der Waals surface area contributed by atoms with Crippen LogP contribution < -0.4 is 10.1 Å². The molecule has 0 spiro atoms. The molecule has 0 fully saturated rings. The van der Waals surface area contributed by atoms with Gasteiger partial charge in [-0.05, 0) is 35.4 Å². The molecule has 0 saturated carbocycles. The zero-order valence-electron chi connectivity index (χ0n) is 17.0. The monoisotopic (exact) mass is 488 g/mol. The van der Waals surface area contributed by atoms with E-state index in [0.717, 1.165) is 22.5 Å². The summed E-state index contributed by atoms with van der Waals surface area (Å²) >= 11 is 6.86. The van der Waals surface area contributed by atoms with E-state index in [1.807, 2.05) is 54.6 Å². The quantitative estimate of drug-likeness (QED) is 0.481. The summed E-state index contributed by atoms with van der Waals surface area (Å²) in [5, 5.41) is 2.83. The lowest BCUT2D eigenvalue weighted by Crippen LogP contribution is -2.45. The number of nitrogens with zero attached hydrogens (tertiary/aromatic N) is 1. The number of nitrogens with one attached hydrogen (secondary N) is 1. The SMILES string of the molecule is O=C(NCc1cccc(OCc2ccccc2)c1)[C@@H]1C=CCN1S(=O)(=O)c1ccc(Cl)s1. The van der Waals surface area contributed by atoms with Crippen molar-refractivity contribution in [2.45, 2.75) is 23.4 Å². The van der Waals surface area contributed by atoms with Gasteiger partial charge in [0.15, 0.2) is 0 Å². The van der Waals surface area contributed by atoms with Crippen molar-refractivity contribution in [1.29, 1.82) is 0 Å². The number of ether oxygens (including phenoxy) is 1. The third-order valence-electron chi connectivity index (χ3n) is 4.91. The van der Waals surface area contributed by atoms with Gasteiger partial charge in [-0.25, -0.2) is 8.42 Å². The highest BCUT2D eigenvalue weighted by molar-refractivity contribution is 7.91. The second kappa shape index (κ2) is 9.87. The number of thiophene rings is 1. The lowest BCUT2D eigenvalue weighted by atomic mass is 10.2. The van der Waals surface area contributed by atoms with Gasteiger partial charge in [0.2, 0.25) is 5.91 Å². The Hall–Kier alpha value is -2.65. The number of hydrogen-bond acceptors (Lipinski definition) is 5.